The van der Waals surface area contributed by atoms with Crippen LogP contribution in [-0.2, 0) is 18.7 Å². The fourth-order valence-corrected chi connectivity index (χ4v) is 0.849. The summed E-state index contributed by atoms with van der Waals surface area (Å²) in [4.78, 5) is 23.6. The van der Waals surface area contributed by atoms with Crippen molar-refractivity contribution in [3.63, 3.8) is 0 Å². The van der Waals surface area contributed by atoms with Crippen LogP contribution in [-0.4, -0.2) is 24.0 Å². The van der Waals surface area contributed by atoms with Gasteiger partial charge in [-0.2, -0.15) is 5.48 Å². The highest BCUT2D eigenvalue weighted by atomic mass is 31.2. The van der Waals surface area contributed by atoms with Crippen molar-refractivity contribution in [3.05, 3.63) is 0 Å². The predicted octanol–water partition coefficient (Wildman–Crippen LogP) is -0.872. The lowest BCUT2D eigenvalue weighted by Crippen LogP contribution is -2.34. The van der Waals surface area contributed by atoms with Crippen molar-refractivity contribution in [2.45, 2.75) is 13.0 Å². The second kappa shape index (κ2) is 4.54. The Balaban J connectivity index is 3.96. The van der Waals surface area contributed by atoms with Gasteiger partial charge in [-0.3, -0.25) is 0 Å². The van der Waals surface area contributed by atoms with E-state index in [-0.39, 0.29) is 0 Å². The van der Waals surface area contributed by atoms with Crippen LogP contribution in [0.15, 0.2) is 0 Å². The average molecular weight is 198 g/mol. The van der Waals surface area contributed by atoms with E-state index in [9.17, 15) is 9.36 Å². The summed E-state index contributed by atoms with van der Waals surface area (Å²) >= 11 is 0. The standard InChI is InChI=1S/C4H11N2O5P/c1-3(6-10-2)4(7)11-12(5,8)9/h3,6H,1-2H3,(H3,5,8,9)/t3-/m0/s1. The second-order valence-electron chi connectivity index (χ2n) is 2.02. The summed E-state index contributed by atoms with van der Waals surface area (Å²) in [7, 11) is -2.95. The molecule has 0 saturated heterocycles. The van der Waals surface area contributed by atoms with Gasteiger partial charge in [-0.15, -0.1) is 0 Å². The molecule has 4 N–H and O–H groups in total. The highest BCUT2D eigenvalue weighted by Gasteiger charge is 2.22. The number of carbonyl (C=O) groups excluding carboxylic acids is 1. The molecule has 12 heavy (non-hydrogen) atoms. The zero-order valence-electron chi connectivity index (χ0n) is 6.68. The van der Waals surface area contributed by atoms with E-state index in [1.807, 2.05) is 0 Å². The molecule has 0 bridgehead atoms. The number of rotatable bonds is 4. The summed E-state index contributed by atoms with van der Waals surface area (Å²) in [5, 5.41) is 0. The number of hydrogen-bond acceptors (Lipinski definition) is 5. The number of nitrogens with one attached hydrogen (secondary N) is 1. The molecule has 1 unspecified atom stereocenters. The Morgan fingerprint density at radius 3 is 2.58 bits per heavy atom. The molecule has 0 aliphatic carbocycles. The molecular formula is C4H11N2O5P. The third kappa shape index (κ3) is 5.22. The Bertz CT molecular complexity index is 202. The summed E-state index contributed by atoms with van der Waals surface area (Å²) in [6.07, 6.45) is 0. The first-order valence-electron chi connectivity index (χ1n) is 3.00. The predicted molar refractivity (Wildman–Crippen MR) is 39.7 cm³/mol. The van der Waals surface area contributed by atoms with Gasteiger partial charge in [0, 0.05) is 0 Å². The molecule has 0 aromatic carbocycles. The van der Waals surface area contributed by atoms with Gasteiger partial charge in [0.05, 0.1) is 7.11 Å². The molecule has 8 heteroatoms. The second-order valence-corrected chi connectivity index (χ2v) is 3.33. The van der Waals surface area contributed by atoms with Crippen LogP contribution >= 0.6 is 7.75 Å². The van der Waals surface area contributed by atoms with Crippen molar-refractivity contribution in [1.29, 1.82) is 0 Å². The normalized spacial score (nSPS) is 18.0. The van der Waals surface area contributed by atoms with Crippen LogP contribution in [0.2, 0.25) is 0 Å². The van der Waals surface area contributed by atoms with E-state index in [4.69, 9.17) is 4.89 Å². The van der Waals surface area contributed by atoms with Crippen molar-refractivity contribution < 1.29 is 23.6 Å². The van der Waals surface area contributed by atoms with Gasteiger partial charge in [-0.25, -0.2) is 14.9 Å². The molecule has 0 rings (SSSR count). The maximum atomic E-state index is 10.8. The summed E-state index contributed by atoms with van der Waals surface area (Å²) in [5.41, 5.74) is 6.78. The Labute approximate surface area is 69.4 Å². The lowest BCUT2D eigenvalue weighted by molar-refractivity contribution is -0.140. The van der Waals surface area contributed by atoms with E-state index in [1.54, 1.807) is 0 Å². The fraction of sp³-hybridized carbons (Fsp3) is 0.750. The molecule has 2 atom stereocenters. The molecular weight excluding hydrogens is 187 g/mol. The summed E-state index contributed by atoms with van der Waals surface area (Å²) in [6.45, 7) is 1.39. The molecule has 0 fully saturated rings. The van der Waals surface area contributed by atoms with Gasteiger partial charge in [0.25, 0.3) is 0 Å². The van der Waals surface area contributed by atoms with E-state index in [0.717, 1.165) is 0 Å². The van der Waals surface area contributed by atoms with Gasteiger partial charge in [-0.05, 0) is 6.92 Å². The molecule has 0 radical (unpaired) electrons. The first-order valence-corrected chi connectivity index (χ1v) is 4.65. The quantitative estimate of drug-likeness (QED) is 0.397. The molecule has 0 saturated carbocycles. The van der Waals surface area contributed by atoms with Crippen molar-refractivity contribution in [1.82, 2.24) is 5.48 Å². The van der Waals surface area contributed by atoms with Crippen LogP contribution in [0.25, 0.3) is 0 Å². The topological polar surface area (TPSA) is 111 Å². The van der Waals surface area contributed by atoms with Crippen molar-refractivity contribution in [2.24, 2.45) is 5.50 Å². The van der Waals surface area contributed by atoms with Crippen LogP contribution in [0.4, 0.5) is 0 Å². The third-order valence-electron chi connectivity index (χ3n) is 0.869. The first-order chi connectivity index (χ1) is 5.37. The van der Waals surface area contributed by atoms with Gasteiger partial charge in [0.2, 0.25) is 0 Å². The lowest BCUT2D eigenvalue weighted by atomic mass is 10.4. The third-order valence-corrected chi connectivity index (χ3v) is 1.31. The monoisotopic (exact) mass is 198 g/mol. The van der Waals surface area contributed by atoms with Gasteiger partial charge in [-0.1, -0.05) is 0 Å². The lowest BCUT2D eigenvalue weighted by Gasteiger charge is -2.11. The molecule has 0 heterocycles. The molecule has 0 aromatic rings. The molecule has 0 spiro atoms. The largest absolute Gasteiger partial charge is 0.455 e. The molecule has 0 amide bonds. The van der Waals surface area contributed by atoms with Gasteiger partial charge >= 0.3 is 13.7 Å². The van der Waals surface area contributed by atoms with E-state index in [1.165, 1.54) is 14.0 Å². The smallest absolute Gasteiger partial charge is 0.379 e. The van der Waals surface area contributed by atoms with Gasteiger partial charge in [0.1, 0.15) is 6.04 Å². The van der Waals surface area contributed by atoms with Crippen LogP contribution in [0.3, 0.4) is 0 Å². The Morgan fingerprint density at radius 2 is 2.25 bits per heavy atom. The van der Waals surface area contributed by atoms with Gasteiger partial charge < -0.3 is 14.3 Å². The van der Waals surface area contributed by atoms with Gasteiger partial charge in [0.15, 0.2) is 0 Å². The zero-order chi connectivity index (χ0) is 9.78. The molecule has 0 aliphatic heterocycles. The minimum atomic E-state index is -4.24. The van der Waals surface area contributed by atoms with Crippen LogP contribution in [0.1, 0.15) is 6.92 Å². The number of hydroxylamine groups is 1. The zero-order valence-corrected chi connectivity index (χ0v) is 7.58. The average Bonchev–Trinajstić information content (AvgIpc) is 1.84. The Kier molecular flexibility index (Phi) is 4.36. The molecule has 72 valence electrons. The maximum Gasteiger partial charge on any atom is 0.455 e. The first kappa shape index (κ1) is 11.5. The van der Waals surface area contributed by atoms with Crippen molar-refractivity contribution in [3.8, 4) is 0 Å². The van der Waals surface area contributed by atoms with Crippen molar-refractivity contribution >= 4 is 13.7 Å². The van der Waals surface area contributed by atoms with E-state index < -0.39 is 19.8 Å². The van der Waals surface area contributed by atoms with E-state index in [2.05, 4.69) is 20.3 Å². The molecule has 0 aromatic heterocycles. The fourth-order valence-electron chi connectivity index (χ4n) is 0.433. The van der Waals surface area contributed by atoms with Crippen LogP contribution in [0.5, 0.6) is 0 Å². The van der Waals surface area contributed by atoms with Crippen molar-refractivity contribution in [2.75, 3.05) is 7.11 Å². The number of nitrogens with two attached hydrogens (primary N) is 1. The maximum absolute atomic E-state index is 10.8. The minimum Gasteiger partial charge on any atom is -0.379 e. The van der Waals surface area contributed by atoms with Crippen LogP contribution in [0, 0.1) is 0 Å². The molecule has 7 nitrogen and oxygen atoms in total. The minimum absolute atomic E-state index is 0.848. The highest BCUT2D eigenvalue weighted by Crippen LogP contribution is 2.31. The Hall–Kier alpha value is -0.460. The highest BCUT2D eigenvalue weighted by molar-refractivity contribution is 7.50. The number of carbonyl (C=O) groups is 1. The summed E-state index contributed by atoms with van der Waals surface area (Å²) < 4.78 is 14.3. The molecule has 0 aliphatic rings. The van der Waals surface area contributed by atoms with E-state index >= 15 is 0 Å². The number of hydrogen-bond donors (Lipinski definition) is 3. The van der Waals surface area contributed by atoms with E-state index in [0.29, 0.717) is 0 Å². The SMILES string of the molecule is CON[C@@H](C)C(=O)OP(N)(=O)O. The summed E-state index contributed by atoms with van der Waals surface area (Å²) in [6, 6.07) is -0.848. The Morgan fingerprint density at radius 1 is 1.75 bits per heavy atom. The van der Waals surface area contributed by atoms with Crippen LogP contribution < -0.4 is 11.0 Å². The summed E-state index contributed by atoms with van der Waals surface area (Å²) in [5.74, 6) is -0.954.